The summed E-state index contributed by atoms with van der Waals surface area (Å²) in [5, 5.41) is 14.3. The van der Waals surface area contributed by atoms with E-state index in [9.17, 15) is 14.3 Å². The Morgan fingerprint density at radius 1 is 1.31 bits per heavy atom. The SMILES string of the molecule is CN(Cc1ccn(CCF)n1)C1(C(=O)O)CCC(c2ccccc2)CC1. The lowest BCUT2D eigenvalue weighted by atomic mass is 9.73. The number of aliphatic carboxylic acids is 1. The van der Waals surface area contributed by atoms with Crippen molar-refractivity contribution < 1.29 is 14.3 Å². The maximum Gasteiger partial charge on any atom is 0.324 e. The van der Waals surface area contributed by atoms with E-state index in [2.05, 4.69) is 17.2 Å². The van der Waals surface area contributed by atoms with E-state index >= 15 is 0 Å². The number of aryl methyl sites for hydroxylation is 1. The number of carboxylic acid groups (broad SMARTS) is 1. The molecule has 0 amide bonds. The summed E-state index contributed by atoms with van der Waals surface area (Å²) in [4.78, 5) is 14.0. The Hall–Kier alpha value is -2.21. The van der Waals surface area contributed by atoms with Crippen molar-refractivity contribution in [2.75, 3.05) is 13.7 Å². The second-order valence-electron chi connectivity index (χ2n) is 7.14. The quantitative estimate of drug-likeness (QED) is 0.822. The molecule has 1 aromatic carbocycles. The Kier molecular flexibility index (Phi) is 5.71. The van der Waals surface area contributed by atoms with Gasteiger partial charge in [-0.2, -0.15) is 5.10 Å². The van der Waals surface area contributed by atoms with Gasteiger partial charge in [0.05, 0.1) is 12.2 Å². The highest BCUT2D eigenvalue weighted by atomic mass is 19.1. The van der Waals surface area contributed by atoms with E-state index in [1.807, 2.05) is 36.2 Å². The molecule has 0 aliphatic heterocycles. The molecule has 1 N–H and O–H groups in total. The van der Waals surface area contributed by atoms with Gasteiger partial charge >= 0.3 is 5.97 Å². The number of alkyl halides is 1. The summed E-state index contributed by atoms with van der Waals surface area (Å²) < 4.78 is 14.0. The van der Waals surface area contributed by atoms with Gasteiger partial charge in [0.1, 0.15) is 12.2 Å². The van der Waals surface area contributed by atoms with Crippen LogP contribution in [0.15, 0.2) is 42.6 Å². The summed E-state index contributed by atoms with van der Waals surface area (Å²) in [5.41, 5.74) is 1.20. The zero-order valence-electron chi connectivity index (χ0n) is 15.1. The number of hydrogen-bond donors (Lipinski definition) is 1. The normalized spacial score (nSPS) is 23.3. The summed E-state index contributed by atoms with van der Waals surface area (Å²) in [5.74, 6) is -0.351. The Morgan fingerprint density at radius 2 is 2.00 bits per heavy atom. The van der Waals surface area contributed by atoms with Gasteiger partial charge in [-0.25, -0.2) is 4.39 Å². The molecule has 3 rings (SSSR count). The highest BCUT2D eigenvalue weighted by Gasteiger charge is 2.45. The summed E-state index contributed by atoms with van der Waals surface area (Å²) in [7, 11) is 1.85. The number of rotatable bonds is 7. The van der Waals surface area contributed by atoms with Crippen molar-refractivity contribution in [3.63, 3.8) is 0 Å². The summed E-state index contributed by atoms with van der Waals surface area (Å²) >= 11 is 0. The van der Waals surface area contributed by atoms with Crippen LogP contribution in [-0.4, -0.2) is 45.0 Å². The highest BCUT2D eigenvalue weighted by molar-refractivity contribution is 5.79. The predicted molar refractivity (Wildman–Crippen MR) is 97.7 cm³/mol. The maximum atomic E-state index is 12.4. The molecule has 0 saturated heterocycles. The van der Waals surface area contributed by atoms with Crippen LogP contribution >= 0.6 is 0 Å². The molecule has 1 aromatic heterocycles. The van der Waals surface area contributed by atoms with E-state index in [1.54, 1.807) is 10.9 Å². The second-order valence-corrected chi connectivity index (χ2v) is 7.14. The first kappa shape index (κ1) is 18.6. The van der Waals surface area contributed by atoms with Crippen molar-refractivity contribution in [1.82, 2.24) is 14.7 Å². The lowest BCUT2D eigenvalue weighted by Gasteiger charge is -2.43. The molecule has 1 saturated carbocycles. The van der Waals surface area contributed by atoms with E-state index in [0.717, 1.165) is 18.5 Å². The number of benzene rings is 1. The molecule has 140 valence electrons. The number of likely N-dealkylation sites (N-methyl/N-ethyl adjacent to an activating group) is 1. The van der Waals surface area contributed by atoms with E-state index in [4.69, 9.17) is 0 Å². The summed E-state index contributed by atoms with van der Waals surface area (Å²) in [6.07, 6.45) is 4.68. The average Bonchev–Trinajstić information content (AvgIpc) is 3.09. The minimum absolute atomic E-state index is 0.229. The van der Waals surface area contributed by atoms with Gasteiger partial charge in [-0.05, 0) is 50.3 Å². The topological polar surface area (TPSA) is 58.4 Å². The monoisotopic (exact) mass is 359 g/mol. The summed E-state index contributed by atoms with van der Waals surface area (Å²) in [6.45, 7) is 0.213. The number of aromatic nitrogens is 2. The van der Waals surface area contributed by atoms with Crippen molar-refractivity contribution in [1.29, 1.82) is 0 Å². The van der Waals surface area contributed by atoms with E-state index in [1.165, 1.54) is 5.56 Å². The van der Waals surface area contributed by atoms with Crippen LogP contribution < -0.4 is 0 Å². The van der Waals surface area contributed by atoms with Gasteiger partial charge in [-0.3, -0.25) is 14.4 Å². The van der Waals surface area contributed by atoms with Crippen LogP contribution in [0.3, 0.4) is 0 Å². The number of halogens is 1. The van der Waals surface area contributed by atoms with Crippen LogP contribution in [0.2, 0.25) is 0 Å². The van der Waals surface area contributed by atoms with Gasteiger partial charge in [0.15, 0.2) is 0 Å². The largest absolute Gasteiger partial charge is 0.480 e. The maximum absolute atomic E-state index is 12.4. The third-order valence-corrected chi connectivity index (χ3v) is 5.62. The van der Waals surface area contributed by atoms with Crippen LogP contribution in [0.4, 0.5) is 4.39 Å². The molecule has 0 spiro atoms. The van der Waals surface area contributed by atoms with Crippen molar-refractivity contribution >= 4 is 5.97 Å². The fourth-order valence-electron chi connectivity index (χ4n) is 4.01. The molecule has 1 fully saturated rings. The van der Waals surface area contributed by atoms with Gasteiger partial charge in [0.25, 0.3) is 0 Å². The molecule has 1 heterocycles. The van der Waals surface area contributed by atoms with Crippen molar-refractivity contribution in [2.24, 2.45) is 0 Å². The minimum atomic E-state index is -0.866. The molecule has 1 aliphatic carbocycles. The second kappa shape index (κ2) is 7.99. The van der Waals surface area contributed by atoms with Gasteiger partial charge in [-0.15, -0.1) is 0 Å². The smallest absolute Gasteiger partial charge is 0.324 e. The van der Waals surface area contributed by atoms with Crippen molar-refractivity contribution in [2.45, 2.75) is 50.2 Å². The summed E-state index contributed by atoms with van der Waals surface area (Å²) in [6, 6.07) is 12.2. The lowest BCUT2D eigenvalue weighted by molar-refractivity contribution is -0.154. The minimum Gasteiger partial charge on any atom is -0.480 e. The van der Waals surface area contributed by atoms with Gasteiger partial charge in [0.2, 0.25) is 0 Å². The van der Waals surface area contributed by atoms with Crippen LogP contribution in [0.1, 0.15) is 42.9 Å². The Balaban J connectivity index is 1.69. The molecule has 0 bridgehead atoms. The molecule has 5 nitrogen and oxygen atoms in total. The Morgan fingerprint density at radius 3 is 2.62 bits per heavy atom. The fourth-order valence-corrected chi connectivity index (χ4v) is 4.01. The molecule has 2 aromatic rings. The molecule has 1 aliphatic rings. The number of carbonyl (C=O) groups is 1. The molecular formula is C20H26FN3O2. The van der Waals surface area contributed by atoms with Crippen molar-refractivity contribution in [3.05, 3.63) is 53.9 Å². The van der Waals surface area contributed by atoms with Crippen LogP contribution in [0.25, 0.3) is 0 Å². The molecular weight excluding hydrogens is 333 g/mol. The van der Waals surface area contributed by atoms with Crippen LogP contribution in [0, 0.1) is 0 Å². The highest BCUT2D eigenvalue weighted by Crippen LogP contribution is 2.41. The first-order chi connectivity index (χ1) is 12.5. The third-order valence-electron chi connectivity index (χ3n) is 5.62. The van der Waals surface area contributed by atoms with Gasteiger partial charge in [0, 0.05) is 12.7 Å². The zero-order valence-corrected chi connectivity index (χ0v) is 15.1. The van der Waals surface area contributed by atoms with E-state index in [-0.39, 0.29) is 6.54 Å². The lowest BCUT2D eigenvalue weighted by Crippen LogP contribution is -2.54. The molecule has 26 heavy (non-hydrogen) atoms. The van der Waals surface area contributed by atoms with Gasteiger partial charge < -0.3 is 5.11 Å². The van der Waals surface area contributed by atoms with Gasteiger partial charge in [-0.1, -0.05) is 30.3 Å². The number of nitrogens with zero attached hydrogens (tertiary/aromatic N) is 3. The standard InChI is InChI=1S/C20H26FN3O2/c1-23(15-18-9-13-24(22-18)14-12-21)20(19(25)26)10-7-17(8-11-20)16-5-3-2-4-6-16/h2-6,9,13,17H,7-8,10-12,14-15H2,1H3,(H,25,26). The van der Waals surface area contributed by atoms with Crippen LogP contribution in [0.5, 0.6) is 0 Å². The van der Waals surface area contributed by atoms with Crippen molar-refractivity contribution in [3.8, 4) is 0 Å². The third kappa shape index (κ3) is 3.80. The van der Waals surface area contributed by atoms with E-state index in [0.29, 0.717) is 25.3 Å². The number of hydrogen-bond acceptors (Lipinski definition) is 3. The zero-order chi connectivity index (χ0) is 18.6. The Bertz CT molecular complexity index is 724. The molecule has 0 atom stereocenters. The fraction of sp³-hybridized carbons (Fsp3) is 0.500. The molecule has 0 radical (unpaired) electrons. The predicted octanol–water partition coefficient (Wildman–Crippen LogP) is 3.47. The average molecular weight is 359 g/mol. The number of carboxylic acids is 1. The molecule has 6 heteroatoms. The first-order valence-electron chi connectivity index (χ1n) is 9.13. The van der Waals surface area contributed by atoms with E-state index < -0.39 is 18.2 Å². The first-order valence-corrected chi connectivity index (χ1v) is 9.13. The molecule has 0 unspecified atom stereocenters. The Labute approximate surface area is 153 Å². The van der Waals surface area contributed by atoms with Crippen LogP contribution in [-0.2, 0) is 17.9 Å².